The van der Waals surface area contributed by atoms with Gasteiger partial charge in [0.25, 0.3) is 0 Å². The van der Waals surface area contributed by atoms with E-state index in [1.165, 1.54) is 0 Å². The highest BCUT2D eigenvalue weighted by atomic mass is 16.5. The second-order valence-corrected chi connectivity index (χ2v) is 6.92. The zero-order valence-corrected chi connectivity index (χ0v) is 14.0. The molecule has 3 fully saturated rings. The predicted octanol–water partition coefficient (Wildman–Crippen LogP) is 2.49. The van der Waals surface area contributed by atoms with Crippen LogP contribution in [0.15, 0.2) is 24.3 Å². The number of amides is 1. The topological polar surface area (TPSA) is 75.6 Å². The van der Waals surface area contributed by atoms with E-state index in [0.717, 1.165) is 37.0 Å². The van der Waals surface area contributed by atoms with E-state index in [4.69, 9.17) is 4.74 Å². The van der Waals surface area contributed by atoms with Crippen molar-refractivity contribution < 1.29 is 19.4 Å². The second-order valence-electron chi connectivity index (χ2n) is 6.92. The van der Waals surface area contributed by atoms with E-state index in [2.05, 4.69) is 5.32 Å². The highest BCUT2D eigenvalue weighted by Crippen LogP contribution is 2.49. The first-order chi connectivity index (χ1) is 11.6. The smallest absolute Gasteiger partial charge is 0.307 e. The number of para-hydroxylation sites is 1. The van der Waals surface area contributed by atoms with Gasteiger partial charge in [-0.05, 0) is 55.6 Å². The third-order valence-corrected chi connectivity index (χ3v) is 5.69. The fourth-order valence-electron chi connectivity index (χ4n) is 4.53. The van der Waals surface area contributed by atoms with E-state index < -0.39 is 11.9 Å². The molecule has 1 amide bonds. The second kappa shape index (κ2) is 7.24. The summed E-state index contributed by atoms with van der Waals surface area (Å²) in [5.41, 5.74) is 1.04. The Morgan fingerprint density at radius 1 is 1.12 bits per heavy atom. The van der Waals surface area contributed by atoms with Gasteiger partial charge in [0.15, 0.2) is 0 Å². The normalized spacial score (nSPS) is 28.4. The van der Waals surface area contributed by atoms with Crippen molar-refractivity contribution in [3.63, 3.8) is 0 Å². The number of fused-ring (bicyclic) bond motifs is 3. The van der Waals surface area contributed by atoms with Crippen molar-refractivity contribution >= 4 is 11.9 Å². The molecular formula is C19H25NO4. The van der Waals surface area contributed by atoms with E-state index in [1.807, 2.05) is 24.3 Å². The molecule has 4 rings (SSSR count). The van der Waals surface area contributed by atoms with Crippen LogP contribution >= 0.6 is 0 Å². The van der Waals surface area contributed by atoms with Gasteiger partial charge in [-0.25, -0.2) is 0 Å². The van der Waals surface area contributed by atoms with Crippen LogP contribution in [0, 0.1) is 23.7 Å². The van der Waals surface area contributed by atoms with Gasteiger partial charge in [-0.1, -0.05) is 18.2 Å². The minimum absolute atomic E-state index is 0.0910. The van der Waals surface area contributed by atoms with Gasteiger partial charge in [0, 0.05) is 6.54 Å². The molecule has 2 atom stereocenters. The third kappa shape index (κ3) is 3.25. The molecule has 130 valence electrons. The predicted molar refractivity (Wildman–Crippen MR) is 89.8 cm³/mol. The van der Waals surface area contributed by atoms with Crippen molar-refractivity contribution in [1.29, 1.82) is 0 Å². The van der Waals surface area contributed by atoms with E-state index >= 15 is 0 Å². The van der Waals surface area contributed by atoms with Crippen LogP contribution in [-0.4, -0.2) is 30.6 Å². The average molecular weight is 331 g/mol. The Hall–Kier alpha value is -2.04. The number of benzene rings is 1. The maximum atomic E-state index is 12.6. The molecule has 1 aromatic rings. The molecule has 1 aromatic carbocycles. The summed E-state index contributed by atoms with van der Waals surface area (Å²) >= 11 is 0. The van der Waals surface area contributed by atoms with Crippen LogP contribution in [0.4, 0.5) is 0 Å². The summed E-state index contributed by atoms with van der Waals surface area (Å²) in [5.74, 6) is -0.580. The maximum Gasteiger partial charge on any atom is 0.307 e. The number of hydrogen-bond donors (Lipinski definition) is 2. The summed E-state index contributed by atoms with van der Waals surface area (Å²) < 4.78 is 5.32. The van der Waals surface area contributed by atoms with Gasteiger partial charge in [-0.2, -0.15) is 0 Å². The van der Waals surface area contributed by atoms with Gasteiger partial charge < -0.3 is 15.2 Å². The Balaban J connectivity index is 1.61. The number of carbonyl (C=O) groups is 2. The molecule has 0 radical (unpaired) electrons. The number of aliphatic carboxylic acids is 1. The third-order valence-electron chi connectivity index (χ3n) is 5.69. The maximum absolute atomic E-state index is 12.6. The standard InChI is InChI=1S/C19H25NO4/c1-24-15-5-3-2-4-12(15)10-11-20-18(21)16-13-6-8-14(9-7-13)17(16)19(22)23/h2-5,13-14,16-17H,6-11H2,1H3,(H,20,21)(H,22,23)/t13?,14?,16-,17-/m1/s1. The number of ether oxygens (including phenoxy) is 1. The van der Waals surface area contributed by atoms with Crippen molar-refractivity contribution in [1.82, 2.24) is 5.32 Å². The summed E-state index contributed by atoms with van der Waals surface area (Å²) in [4.78, 5) is 24.3. The van der Waals surface area contributed by atoms with Crippen LogP contribution in [0.1, 0.15) is 31.2 Å². The molecular weight excluding hydrogens is 306 g/mol. The summed E-state index contributed by atoms with van der Waals surface area (Å²) in [6.07, 6.45) is 4.55. The number of carboxylic acids is 1. The molecule has 3 aliphatic rings. The van der Waals surface area contributed by atoms with Crippen molar-refractivity contribution in [2.75, 3.05) is 13.7 Å². The van der Waals surface area contributed by atoms with Gasteiger partial charge >= 0.3 is 5.97 Å². The number of rotatable bonds is 6. The molecule has 0 aromatic heterocycles. The van der Waals surface area contributed by atoms with E-state index in [1.54, 1.807) is 7.11 Å². The van der Waals surface area contributed by atoms with Crippen LogP contribution in [0.25, 0.3) is 0 Å². The quantitative estimate of drug-likeness (QED) is 0.840. The Labute approximate surface area is 142 Å². The number of methoxy groups -OCH3 is 1. The number of carbonyl (C=O) groups excluding carboxylic acids is 1. The highest BCUT2D eigenvalue weighted by molar-refractivity contribution is 5.85. The van der Waals surface area contributed by atoms with Crippen LogP contribution in [0.2, 0.25) is 0 Å². The summed E-state index contributed by atoms with van der Waals surface area (Å²) in [5, 5.41) is 12.5. The van der Waals surface area contributed by atoms with Crippen molar-refractivity contribution in [2.24, 2.45) is 23.7 Å². The summed E-state index contributed by atoms with van der Waals surface area (Å²) in [7, 11) is 1.63. The molecule has 5 heteroatoms. The lowest BCUT2D eigenvalue weighted by Crippen LogP contribution is -2.51. The lowest BCUT2D eigenvalue weighted by atomic mass is 9.58. The van der Waals surface area contributed by atoms with Crippen molar-refractivity contribution in [3.8, 4) is 5.75 Å². The molecule has 0 heterocycles. The largest absolute Gasteiger partial charge is 0.496 e. The van der Waals surface area contributed by atoms with Gasteiger partial charge in [-0.3, -0.25) is 9.59 Å². The fourth-order valence-corrected chi connectivity index (χ4v) is 4.53. The molecule has 3 saturated carbocycles. The number of nitrogens with one attached hydrogen (secondary N) is 1. The monoisotopic (exact) mass is 331 g/mol. The minimum Gasteiger partial charge on any atom is -0.496 e. The first kappa shape index (κ1) is 16.8. The minimum atomic E-state index is -0.811. The molecule has 5 nitrogen and oxygen atoms in total. The summed E-state index contributed by atoms with van der Waals surface area (Å²) in [6, 6.07) is 7.74. The number of carboxylic acid groups (broad SMARTS) is 1. The Morgan fingerprint density at radius 3 is 2.38 bits per heavy atom. The molecule has 0 spiro atoms. The van der Waals surface area contributed by atoms with Crippen molar-refractivity contribution in [2.45, 2.75) is 32.1 Å². The van der Waals surface area contributed by atoms with Gasteiger partial charge in [0.2, 0.25) is 5.91 Å². The van der Waals surface area contributed by atoms with Crippen LogP contribution in [-0.2, 0) is 16.0 Å². The zero-order valence-electron chi connectivity index (χ0n) is 14.0. The molecule has 2 bridgehead atoms. The number of hydrogen-bond acceptors (Lipinski definition) is 3. The molecule has 0 aliphatic heterocycles. The van der Waals surface area contributed by atoms with Crippen LogP contribution in [0.3, 0.4) is 0 Å². The first-order valence-electron chi connectivity index (χ1n) is 8.74. The SMILES string of the molecule is COc1ccccc1CCNC(=O)[C@@H]1C2CCC(CC2)[C@H]1C(=O)O. The van der Waals surface area contributed by atoms with Gasteiger partial charge in [-0.15, -0.1) is 0 Å². The van der Waals surface area contributed by atoms with Gasteiger partial charge in [0.1, 0.15) is 5.75 Å². The Kier molecular flexibility index (Phi) is 5.07. The van der Waals surface area contributed by atoms with Crippen molar-refractivity contribution in [3.05, 3.63) is 29.8 Å². The highest BCUT2D eigenvalue weighted by Gasteiger charge is 2.50. The molecule has 0 saturated heterocycles. The van der Waals surface area contributed by atoms with Crippen LogP contribution in [0.5, 0.6) is 5.75 Å². The van der Waals surface area contributed by atoms with E-state index in [-0.39, 0.29) is 23.7 Å². The van der Waals surface area contributed by atoms with E-state index in [0.29, 0.717) is 13.0 Å². The molecule has 2 N–H and O–H groups in total. The van der Waals surface area contributed by atoms with E-state index in [9.17, 15) is 14.7 Å². The lowest BCUT2D eigenvalue weighted by Gasteiger charge is -2.45. The molecule has 3 aliphatic carbocycles. The van der Waals surface area contributed by atoms with Gasteiger partial charge in [0.05, 0.1) is 18.9 Å². The Bertz CT molecular complexity index is 607. The average Bonchev–Trinajstić information content (AvgIpc) is 2.62. The Morgan fingerprint density at radius 2 is 1.75 bits per heavy atom. The fraction of sp³-hybridized carbons (Fsp3) is 0.579. The lowest BCUT2D eigenvalue weighted by molar-refractivity contribution is -0.158. The summed E-state index contributed by atoms with van der Waals surface area (Å²) in [6.45, 7) is 0.499. The zero-order chi connectivity index (χ0) is 17.1. The molecule has 0 unspecified atom stereocenters. The first-order valence-corrected chi connectivity index (χ1v) is 8.74. The van der Waals surface area contributed by atoms with Crippen LogP contribution < -0.4 is 10.1 Å². The molecule has 24 heavy (non-hydrogen) atoms.